The quantitative estimate of drug-likeness (QED) is 0.836. The highest BCUT2D eigenvalue weighted by atomic mass is 16.5. The zero-order valence-electron chi connectivity index (χ0n) is 10.5. The maximum absolute atomic E-state index is 12.2. The number of rotatable bonds is 4. The third kappa shape index (κ3) is 3.31. The van der Waals surface area contributed by atoms with Gasteiger partial charge in [0, 0.05) is 25.8 Å². The number of carbonyl (C=O) groups excluding carboxylic acids is 1. The van der Waals surface area contributed by atoms with Crippen LogP contribution in [0.1, 0.15) is 24.3 Å². The van der Waals surface area contributed by atoms with E-state index in [1.807, 2.05) is 30.3 Å². The maximum atomic E-state index is 12.2. The van der Waals surface area contributed by atoms with Crippen molar-refractivity contribution in [1.82, 2.24) is 5.32 Å². The molecule has 1 saturated heterocycles. The molecule has 1 aromatic rings. The molecule has 0 radical (unpaired) electrons. The van der Waals surface area contributed by atoms with Gasteiger partial charge in [0.25, 0.3) is 0 Å². The molecule has 0 saturated carbocycles. The summed E-state index contributed by atoms with van der Waals surface area (Å²) in [5.74, 6) is -0.232. The molecule has 2 rings (SSSR count). The second-order valence-corrected chi connectivity index (χ2v) is 4.59. The molecule has 0 spiro atoms. The molecular weight excluding hydrogens is 228 g/mol. The van der Waals surface area contributed by atoms with Gasteiger partial charge in [-0.3, -0.25) is 4.79 Å². The molecule has 1 fully saturated rings. The highest BCUT2D eigenvalue weighted by molar-refractivity contribution is 5.84. The van der Waals surface area contributed by atoms with Gasteiger partial charge < -0.3 is 15.8 Å². The van der Waals surface area contributed by atoms with E-state index < -0.39 is 0 Å². The molecule has 1 atom stereocenters. The number of ether oxygens (including phenoxy) is 1. The SMILES string of the molecule is NCC(C(=O)NC1CCOCC1)c1ccccc1. The van der Waals surface area contributed by atoms with Gasteiger partial charge >= 0.3 is 0 Å². The van der Waals surface area contributed by atoms with Gasteiger partial charge in [-0.2, -0.15) is 0 Å². The van der Waals surface area contributed by atoms with Crippen LogP contribution in [0.3, 0.4) is 0 Å². The molecular formula is C14H20N2O2. The first kappa shape index (κ1) is 13.1. The highest BCUT2D eigenvalue weighted by Crippen LogP contribution is 2.15. The lowest BCUT2D eigenvalue weighted by atomic mass is 9.97. The van der Waals surface area contributed by atoms with Crippen LogP contribution in [0.4, 0.5) is 0 Å². The van der Waals surface area contributed by atoms with Crippen LogP contribution in [-0.2, 0) is 9.53 Å². The van der Waals surface area contributed by atoms with Crippen LogP contribution in [0, 0.1) is 0 Å². The van der Waals surface area contributed by atoms with Crippen molar-refractivity contribution in [2.45, 2.75) is 24.8 Å². The maximum Gasteiger partial charge on any atom is 0.229 e. The predicted octanol–water partition coefficient (Wildman–Crippen LogP) is 1.02. The van der Waals surface area contributed by atoms with Crippen LogP contribution in [-0.4, -0.2) is 31.7 Å². The van der Waals surface area contributed by atoms with Gasteiger partial charge in [-0.05, 0) is 18.4 Å². The molecule has 1 unspecified atom stereocenters. The van der Waals surface area contributed by atoms with E-state index in [0.29, 0.717) is 6.54 Å². The van der Waals surface area contributed by atoms with Crippen LogP contribution >= 0.6 is 0 Å². The fraction of sp³-hybridized carbons (Fsp3) is 0.500. The van der Waals surface area contributed by atoms with Gasteiger partial charge in [0.1, 0.15) is 0 Å². The number of benzene rings is 1. The number of hydrogen-bond donors (Lipinski definition) is 2. The molecule has 0 aromatic heterocycles. The van der Waals surface area contributed by atoms with Crippen molar-refractivity contribution in [3.63, 3.8) is 0 Å². The monoisotopic (exact) mass is 248 g/mol. The van der Waals surface area contributed by atoms with E-state index in [1.165, 1.54) is 0 Å². The summed E-state index contributed by atoms with van der Waals surface area (Å²) >= 11 is 0. The molecule has 1 aromatic carbocycles. The van der Waals surface area contributed by atoms with E-state index in [0.717, 1.165) is 31.6 Å². The first-order chi connectivity index (χ1) is 8.81. The Morgan fingerprint density at radius 2 is 2.00 bits per heavy atom. The topological polar surface area (TPSA) is 64.4 Å². The number of nitrogens with two attached hydrogens (primary N) is 1. The smallest absolute Gasteiger partial charge is 0.229 e. The Balaban J connectivity index is 1.97. The van der Waals surface area contributed by atoms with E-state index in [4.69, 9.17) is 10.5 Å². The van der Waals surface area contributed by atoms with E-state index in [-0.39, 0.29) is 17.9 Å². The first-order valence-corrected chi connectivity index (χ1v) is 6.44. The van der Waals surface area contributed by atoms with Crippen molar-refractivity contribution >= 4 is 5.91 Å². The molecule has 98 valence electrons. The van der Waals surface area contributed by atoms with E-state index in [1.54, 1.807) is 0 Å². The zero-order valence-corrected chi connectivity index (χ0v) is 10.5. The fourth-order valence-electron chi connectivity index (χ4n) is 2.22. The number of amides is 1. The second kappa shape index (κ2) is 6.52. The Labute approximate surface area is 108 Å². The first-order valence-electron chi connectivity index (χ1n) is 6.44. The van der Waals surface area contributed by atoms with Crippen molar-refractivity contribution in [2.75, 3.05) is 19.8 Å². The number of carbonyl (C=O) groups is 1. The largest absolute Gasteiger partial charge is 0.381 e. The molecule has 0 bridgehead atoms. The molecule has 1 heterocycles. The molecule has 4 heteroatoms. The van der Waals surface area contributed by atoms with Crippen LogP contribution < -0.4 is 11.1 Å². The molecule has 18 heavy (non-hydrogen) atoms. The second-order valence-electron chi connectivity index (χ2n) is 4.59. The van der Waals surface area contributed by atoms with E-state index in [9.17, 15) is 4.79 Å². The molecule has 0 aliphatic carbocycles. The predicted molar refractivity (Wildman–Crippen MR) is 70.2 cm³/mol. The fourth-order valence-corrected chi connectivity index (χ4v) is 2.22. The van der Waals surface area contributed by atoms with Crippen molar-refractivity contribution in [3.05, 3.63) is 35.9 Å². The molecule has 4 nitrogen and oxygen atoms in total. The Bertz CT molecular complexity index is 375. The summed E-state index contributed by atoms with van der Waals surface area (Å²) in [6, 6.07) is 9.92. The lowest BCUT2D eigenvalue weighted by Crippen LogP contribution is -2.42. The van der Waals surface area contributed by atoms with Gasteiger partial charge in [-0.25, -0.2) is 0 Å². The zero-order chi connectivity index (χ0) is 12.8. The summed E-state index contributed by atoms with van der Waals surface area (Å²) in [6.45, 7) is 1.78. The summed E-state index contributed by atoms with van der Waals surface area (Å²) in [6.07, 6.45) is 1.77. The average Bonchev–Trinajstić information content (AvgIpc) is 2.42. The van der Waals surface area contributed by atoms with E-state index in [2.05, 4.69) is 5.32 Å². The lowest BCUT2D eigenvalue weighted by Gasteiger charge is -2.25. The van der Waals surface area contributed by atoms with Crippen molar-refractivity contribution in [3.8, 4) is 0 Å². The van der Waals surface area contributed by atoms with Crippen molar-refractivity contribution < 1.29 is 9.53 Å². The van der Waals surface area contributed by atoms with Crippen molar-refractivity contribution in [2.24, 2.45) is 5.73 Å². The Hall–Kier alpha value is -1.39. The van der Waals surface area contributed by atoms with E-state index >= 15 is 0 Å². The molecule has 3 N–H and O–H groups in total. The van der Waals surface area contributed by atoms with Gasteiger partial charge in [0.2, 0.25) is 5.91 Å². The van der Waals surface area contributed by atoms with Crippen molar-refractivity contribution in [1.29, 1.82) is 0 Å². The molecule has 1 aliphatic heterocycles. The van der Waals surface area contributed by atoms with Gasteiger partial charge in [-0.1, -0.05) is 30.3 Å². The highest BCUT2D eigenvalue weighted by Gasteiger charge is 2.22. The Morgan fingerprint density at radius 1 is 1.33 bits per heavy atom. The molecule has 1 amide bonds. The molecule has 1 aliphatic rings. The Kier molecular flexibility index (Phi) is 4.73. The van der Waals surface area contributed by atoms with Crippen LogP contribution in [0.15, 0.2) is 30.3 Å². The lowest BCUT2D eigenvalue weighted by molar-refractivity contribution is -0.123. The number of hydrogen-bond acceptors (Lipinski definition) is 3. The summed E-state index contributed by atoms with van der Waals surface area (Å²) in [5, 5.41) is 3.07. The third-order valence-corrected chi connectivity index (χ3v) is 3.32. The normalized spacial score (nSPS) is 18.3. The van der Waals surface area contributed by atoms with Gasteiger partial charge in [0.15, 0.2) is 0 Å². The van der Waals surface area contributed by atoms with Gasteiger partial charge in [0.05, 0.1) is 5.92 Å². The van der Waals surface area contributed by atoms with Gasteiger partial charge in [-0.15, -0.1) is 0 Å². The summed E-state index contributed by atoms with van der Waals surface area (Å²) < 4.78 is 5.28. The van der Waals surface area contributed by atoms with Crippen LogP contribution in [0.25, 0.3) is 0 Å². The average molecular weight is 248 g/mol. The van der Waals surface area contributed by atoms with Crippen LogP contribution in [0.2, 0.25) is 0 Å². The number of nitrogens with one attached hydrogen (secondary N) is 1. The minimum atomic E-state index is -0.256. The standard InChI is InChI=1S/C14H20N2O2/c15-10-13(11-4-2-1-3-5-11)14(17)16-12-6-8-18-9-7-12/h1-5,12-13H,6-10,15H2,(H,16,17). The third-order valence-electron chi connectivity index (χ3n) is 3.32. The van der Waals surface area contributed by atoms with Crippen LogP contribution in [0.5, 0.6) is 0 Å². The summed E-state index contributed by atoms with van der Waals surface area (Å²) in [7, 11) is 0. The minimum absolute atomic E-state index is 0.0237. The minimum Gasteiger partial charge on any atom is -0.381 e. The Morgan fingerprint density at radius 3 is 2.61 bits per heavy atom. The summed E-state index contributed by atoms with van der Waals surface area (Å²) in [4.78, 5) is 12.2. The summed E-state index contributed by atoms with van der Waals surface area (Å²) in [5.41, 5.74) is 6.70.